The first kappa shape index (κ1) is 12.9. The number of carbonyl (C=O) groups excluding carboxylic acids is 1. The van der Waals surface area contributed by atoms with E-state index in [9.17, 15) is 9.59 Å². The Morgan fingerprint density at radius 2 is 2.11 bits per heavy atom. The highest BCUT2D eigenvalue weighted by molar-refractivity contribution is 5.81. The third kappa shape index (κ3) is 3.25. The number of hydrogen-bond acceptors (Lipinski definition) is 4. The molecule has 1 aliphatic heterocycles. The maximum Gasteiger partial charge on any atom is 0.415 e. The molecule has 100 valence electrons. The fourth-order valence-corrected chi connectivity index (χ4v) is 1.61. The summed E-state index contributed by atoms with van der Waals surface area (Å²) in [5, 5.41) is 8.98. The van der Waals surface area contributed by atoms with Gasteiger partial charge in [-0.05, 0) is 5.56 Å². The van der Waals surface area contributed by atoms with Gasteiger partial charge in [-0.1, -0.05) is 30.3 Å². The lowest BCUT2D eigenvalue weighted by Gasteiger charge is -2.27. The molecular formula is C13H13NO5. The molecule has 1 N–H and O–H groups in total. The molecule has 0 saturated heterocycles. The van der Waals surface area contributed by atoms with Crippen LogP contribution in [0.15, 0.2) is 42.8 Å². The molecule has 0 saturated carbocycles. The van der Waals surface area contributed by atoms with Gasteiger partial charge in [0.25, 0.3) is 0 Å². The third-order valence-corrected chi connectivity index (χ3v) is 2.61. The van der Waals surface area contributed by atoms with E-state index < -0.39 is 18.1 Å². The van der Waals surface area contributed by atoms with Crippen molar-refractivity contribution in [3.63, 3.8) is 0 Å². The van der Waals surface area contributed by atoms with Crippen molar-refractivity contribution in [2.45, 2.75) is 12.6 Å². The molecule has 2 rings (SSSR count). The Kier molecular flexibility index (Phi) is 4.02. The van der Waals surface area contributed by atoms with Crippen molar-refractivity contribution in [2.24, 2.45) is 0 Å². The number of carbonyl (C=O) groups is 2. The topological polar surface area (TPSA) is 76.1 Å². The van der Waals surface area contributed by atoms with E-state index >= 15 is 0 Å². The largest absolute Gasteiger partial charge is 0.497 e. The van der Waals surface area contributed by atoms with Gasteiger partial charge in [0.1, 0.15) is 13.2 Å². The van der Waals surface area contributed by atoms with Crippen LogP contribution in [0, 0.1) is 0 Å². The molecule has 0 unspecified atom stereocenters. The number of ether oxygens (including phenoxy) is 2. The number of nitrogens with zero attached hydrogens (tertiary/aromatic N) is 1. The van der Waals surface area contributed by atoms with Crippen molar-refractivity contribution < 1.29 is 24.2 Å². The minimum atomic E-state index is -1.14. The molecule has 0 fully saturated rings. The average Bonchev–Trinajstić information content (AvgIpc) is 2.46. The molecule has 0 aliphatic carbocycles. The van der Waals surface area contributed by atoms with Crippen LogP contribution in [0.5, 0.6) is 0 Å². The van der Waals surface area contributed by atoms with E-state index in [1.807, 2.05) is 30.3 Å². The summed E-state index contributed by atoms with van der Waals surface area (Å²) in [4.78, 5) is 23.8. The van der Waals surface area contributed by atoms with Crippen LogP contribution >= 0.6 is 0 Å². The quantitative estimate of drug-likeness (QED) is 0.896. The summed E-state index contributed by atoms with van der Waals surface area (Å²) >= 11 is 0. The fourth-order valence-electron chi connectivity index (χ4n) is 1.61. The van der Waals surface area contributed by atoms with Gasteiger partial charge in [0.2, 0.25) is 0 Å². The second-order valence-corrected chi connectivity index (χ2v) is 3.92. The number of hydrogen-bond donors (Lipinski definition) is 1. The zero-order valence-corrected chi connectivity index (χ0v) is 10.1. The first-order valence-electron chi connectivity index (χ1n) is 5.68. The molecule has 1 aromatic rings. The Labute approximate surface area is 109 Å². The van der Waals surface area contributed by atoms with Crippen LogP contribution in [0.4, 0.5) is 4.79 Å². The zero-order chi connectivity index (χ0) is 13.7. The number of rotatable bonds is 3. The van der Waals surface area contributed by atoms with E-state index in [1.54, 1.807) is 0 Å². The number of carboxylic acids is 1. The third-order valence-electron chi connectivity index (χ3n) is 2.61. The Balaban J connectivity index is 1.97. The molecule has 1 heterocycles. The summed E-state index contributed by atoms with van der Waals surface area (Å²) in [5.74, 6) is -1.14. The molecule has 1 atom stereocenters. The van der Waals surface area contributed by atoms with Gasteiger partial charge in [-0.25, -0.2) is 9.59 Å². The molecule has 19 heavy (non-hydrogen) atoms. The summed E-state index contributed by atoms with van der Waals surface area (Å²) in [7, 11) is 0. The van der Waals surface area contributed by atoms with Crippen LogP contribution in [-0.2, 0) is 20.9 Å². The zero-order valence-electron chi connectivity index (χ0n) is 10.1. The van der Waals surface area contributed by atoms with Crippen molar-refractivity contribution in [3.05, 3.63) is 48.4 Å². The Hall–Kier alpha value is -2.50. The molecule has 0 bridgehead atoms. The van der Waals surface area contributed by atoms with Crippen LogP contribution in [-0.4, -0.2) is 34.7 Å². The van der Waals surface area contributed by atoms with E-state index in [0.29, 0.717) is 0 Å². The molecule has 0 spiro atoms. The molecule has 0 aromatic heterocycles. The number of amides is 1. The van der Waals surface area contributed by atoms with Gasteiger partial charge in [0.15, 0.2) is 6.04 Å². The van der Waals surface area contributed by atoms with Crippen LogP contribution in [0.3, 0.4) is 0 Å². The molecular weight excluding hydrogens is 250 g/mol. The van der Waals surface area contributed by atoms with Crippen molar-refractivity contribution in [1.82, 2.24) is 4.90 Å². The highest BCUT2D eigenvalue weighted by atomic mass is 16.6. The monoisotopic (exact) mass is 263 g/mol. The predicted octanol–water partition coefficient (Wildman–Crippen LogP) is 1.58. The maximum absolute atomic E-state index is 11.8. The van der Waals surface area contributed by atoms with Gasteiger partial charge in [0.05, 0.1) is 6.26 Å². The van der Waals surface area contributed by atoms with E-state index in [4.69, 9.17) is 14.6 Å². The van der Waals surface area contributed by atoms with E-state index in [-0.39, 0.29) is 13.2 Å². The Morgan fingerprint density at radius 3 is 2.79 bits per heavy atom. The predicted molar refractivity (Wildman–Crippen MR) is 65.0 cm³/mol. The van der Waals surface area contributed by atoms with Gasteiger partial charge in [-0.3, -0.25) is 4.90 Å². The van der Waals surface area contributed by atoms with Gasteiger partial charge in [0, 0.05) is 6.20 Å². The van der Waals surface area contributed by atoms with Crippen molar-refractivity contribution in [1.29, 1.82) is 0 Å². The minimum Gasteiger partial charge on any atom is -0.497 e. The lowest BCUT2D eigenvalue weighted by Crippen LogP contribution is -2.46. The van der Waals surface area contributed by atoms with E-state index in [2.05, 4.69) is 0 Å². The lowest BCUT2D eigenvalue weighted by molar-refractivity contribution is -0.144. The molecule has 0 radical (unpaired) electrons. The molecule has 1 amide bonds. The van der Waals surface area contributed by atoms with Crippen LogP contribution in [0.25, 0.3) is 0 Å². The molecule has 1 aliphatic rings. The molecule has 1 aromatic carbocycles. The van der Waals surface area contributed by atoms with Crippen molar-refractivity contribution in [3.8, 4) is 0 Å². The van der Waals surface area contributed by atoms with Crippen LogP contribution in [0.1, 0.15) is 5.56 Å². The number of benzene rings is 1. The lowest BCUT2D eigenvalue weighted by atomic mass is 10.2. The Morgan fingerprint density at radius 1 is 1.37 bits per heavy atom. The summed E-state index contributed by atoms with van der Waals surface area (Å²) < 4.78 is 9.94. The van der Waals surface area contributed by atoms with Gasteiger partial charge in [-0.2, -0.15) is 0 Å². The number of aliphatic carboxylic acids is 1. The second-order valence-electron chi connectivity index (χ2n) is 3.92. The standard InChI is InChI=1S/C13H13NO5/c15-12(16)11-9-18-7-6-14(11)13(17)19-8-10-4-2-1-3-5-10/h1-7,11H,8-9H2,(H,15,16)/t11-/m0/s1. The fraction of sp³-hybridized carbons (Fsp3) is 0.231. The van der Waals surface area contributed by atoms with Gasteiger partial charge in [-0.15, -0.1) is 0 Å². The smallest absolute Gasteiger partial charge is 0.415 e. The van der Waals surface area contributed by atoms with Gasteiger partial charge >= 0.3 is 12.1 Å². The first-order chi connectivity index (χ1) is 9.18. The van der Waals surface area contributed by atoms with E-state index in [0.717, 1.165) is 10.5 Å². The minimum absolute atomic E-state index is 0.0910. The van der Waals surface area contributed by atoms with Gasteiger partial charge < -0.3 is 14.6 Å². The Bertz CT molecular complexity index is 485. The highest BCUT2D eigenvalue weighted by Crippen LogP contribution is 2.11. The first-order valence-corrected chi connectivity index (χ1v) is 5.68. The normalized spacial score (nSPS) is 17.7. The SMILES string of the molecule is O=C(O)[C@@H]1COC=CN1C(=O)OCc1ccccc1. The summed E-state index contributed by atoms with van der Waals surface area (Å²) in [6.45, 7) is 0.00345. The highest BCUT2D eigenvalue weighted by Gasteiger charge is 2.32. The number of carboxylic acid groups (broad SMARTS) is 1. The van der Waals surface area contributed by atoms with E-state index in [1.165, 1.54) is 12.5 Å². The summed E-state index contributed by atoms with van der Waals surface area (Å²) in [6.07, 6.45) is 1.81. The summed E-state index contributed by atoms with van der Waals surface area (Å²) in [6, 6.07) is 8.09. The summed E-state index contributed by atoms with van der Waals surface area (Å²) in [5.41, 5.74) is 0.833. The van der Waals surface area contributed by atoms with Crippen molar-refractivity contribution in [2.75, 3.05) is 6.61 Å². The molecule has 6 heteroatoms. The second kappa shape index (κ2) is 5.90. The average molecular weight is 263 g/mol. The molecule has 6 nitrogen and oxygen atoms in total. The van der Waals surface area contributed by atoms with Crippen LogP contribution in [0.2, 0.25) is 0 Å². The maximum atomic E-state index is 11.8. The van der Waals surface area contributed by atoms with Crippen molar-refractivity contribution >= 4 is 12.1 Å². The van der Waals surface area contributed by atoms with Crippen LogP contribution < -0.4 is 0 Å².